The number of aliphatic hydroxyl groups excluding tert-OH is 2. The summed E-state index contributed by atoms with van der Waals surface area (Å²) in [6, 6.07) is -0.766. The predicted molar refractivity (Wildman–Crippen MR) is 223 cm³/mol. The maximum atomic E-state index is 12.7. The first-order valence-electron chi connectivity index (χ1n) is 19.3. The molecule has 0 saturated carbocycles. The molecule has 1 aliphatic heterocycles. The molecular formula is C32H54N9O20P3S. The number of methoxy groups -OCH3 is 1. The van der Waals surface area contributed by atoms with Crippen LogP contribution in [0, 0.1) is 5.41 Å². The fraction of sp³-hybridized carbons (Fsp3) is 0.688. The van der Waals surface area contributed by atoms with Crippen LogP contribution in [0.15, 0.2) is 12.7 Å². The summed E-state index contributed by atoms with van der Waals surface area (Å²) in [5.41, 5.74) is 4.22. The molecule has 12 N–H and O–H groups in total. The van der Waals surface area contributed by atoms with Gasteiger partial charge in [0.1, 0.15) is 42.3 Å². The molecule has 33 heteroatoms. The average Bonchev–Trinajstić information content (AvgIpc) is 3.77. The zero-order valence-corrected chi connectivity index (χ0v) is 38.9. The van der Waals surface area contributed by atoms with E-state index in [0.717, 1.165) is 17.2 Å². The van der Waals surface area contributed by atoms with Crippen LogP contribution in [0.3, 0.4) is 0 Å². The topological polar surface area (TPSA) is 431 Å². The van der Waals surface area contributed by atoms with E-state index < -0.39 is 96.6 Å². The summed E-state index contributed by atoms with van der Waals surface area (Å²) >= 11 is 1.26. The van der Waals surface area contributed by atoms with Crippen LogP contribution in [0.2, 0.25) is 0 Å². The van der Waals surface area contributed by atoms with Crippen molar-refractivity contribution >= 4 is 81.8 Å². The molecule has 29 nitrogen and oxygen atoms in total. The molecule has 1 fully saturated rings. The van der Waals surface area contributed by atoms with Gasteiger partial charge in [-0.25, -0.2) is 33.4 Å². The number of rotatable bonds is 28. The van der Waals surface area contributed by atoms with E-state index in [4.69, 9.17) is 19.5 Å². The number of carbonyl (C=O) groups is 5. The van der Waals surface area contributed by atoms with E-state index in [1.165, 1.54) is 39.6 Å². The summed E-state index contributed by atoms with van der Waals surface area (Å²) in [5, 5.41) is 31.7. The number of nitrogens with two attached hydrogens (primary N) is 1. The number of thioether (sulfide) groups is 1. The highest BCUT2D eigenvalue weighted by Gasteiger charge is 2.50. The maximum absolute atomic E-state index is 12.7. The third kappa shape index (κ3) is 18.5. The van der Waals surface area contributed by atoms with Crippen LogP contribution in [-0.2, 0) is 65.0 Å². The van der Waals surface area contributed by atoms with E-state index in [2.05, 4.69) is 49.8 Å². The van der Waals surface area contributed by atoms with Crippen LogP contribution in [0.1, 0.15) is 52.7 Å². The van der Waals surface area contributed by atoms with Gasteiger partial charge in [-0.2, -0.15) is 16.1 Å². The Morgan fingerprint density at radius 1 is 0.969 bits per heavy atom. The number of phosphoric ester groups is 3. The summed E-state index contributed by atoms with van der Waals surface area (Å²) in [6.07, 6.45) is -5.60. The van der Waals surface area contributed by atoms with Crippen molar-refractivity contribution in [2.45, 2.75) is 83.1 Å². The van der Waals surface area contributed by atoms with Crippen LogP contribution < -0.4 is 27.0 Å². The number of nitrogen functional groups attached to an aromatic ring is 1. The minimum Gasteiger partial charge on any atom is -0.467 e. The summed E-state index contributed by atoms with van der Waals surface area (Å²) < 4.78 is 66.9. The van der Waals surface area contributed by atoms with Gasteiger partial charge in [0.2, 0.25) is 23.6 Å². The number of esters is 1. The van der Waals surface area contributed by atoms with Gasteiger partial charge in [0.15, 0.2) is 17.7 Å². The molecular weight excluding hydrogens is 955 g/mol. The van der Waals surface area contributed by atoms with Crippen LogP contribution in [0.25, 0.3) is 11.2 Å². The van der Waals surface area contributed by atoms with Crippen LogP contribution in [-0.4, -0.2) is 161 Å². The lowest BCUT2D eigenvalue weighted by Gasteiger charge is -2.30. The lowest BCUT2D eigenvalue weighted by atomic mass is 9.87. The standard InChI is InChI=1S/C32H54N9O20P3S/c1-18(42)40-19(31(48)56-4)7-5-6-9-34-22(44)14-65-12-11-35-21(43)8-10-36-29(47)26(46)32(2,3)15-58-64(54,55)61-63(52,53)57-13-20-25(60-62(49,50)51)24(45)30(59-20)41-17-39-23-27(33)37-16-38-28(23)41/h16-17,19-20,24-26,30,45-46H,5-15H2,1-4H3,(H,34,44)(H,35,43)(H,36,47)(H,40,42)(H,52,53)(H,54,55)(H2,33,37,38)(H2,49,50,51)/t19-,20-,24?,25+,26-,30-/m1/s1. The van der Waals surface area contributed by atoms with Gasteiger partial charge >= 0.3 is 29.4 Å². The number of unbranched alkanes of at least 4 members (excludes halogenated alkanes) is 1. The normalized spacial score (nSPS) is 20.5. The van der Waals surface area contributed by atoms with E-state index in [1.54, 1.807) is 0 Å². The Balaban J connectivity index is 1.36. The summed E-state index contributed by atoms with van der Waals surface area (Å²) in [7, 11) is -15.2. The minimum absolute atomic E-state index is 0.0198. The number of amides is 4. The molecule has 3 unspecified atom stereocenters. The van der Waals surface area contributed by atoms with E-state index >= 15 is 0 Å². The fourth-order valence-electron chi connectivity index (χ4n) is 5.76. The lowest BCUT2D eigenvalue weighted by Crippen LogP contribution is -2.46. The van der Waals surface area contributed by atoms with Crippen molar-refractivity contribution in [3.63, 3.8) is 0 Å². The average molecular weight is 1010 g/mol. The van der Waals surface area contributed by atoms with Crippen molar-refractivity contribution in [2.24, 2.45) is 5.41 Å². The molecule has 8 atom stereocenters. The molecule has 3 heterocycles. The number of fused-ring (bicyclic) bond motifs is 1. The molecule has 0 radical (unpaired) electrons. The molecule has 2 aromatic heterocycles. The van der Waals surface area contributed by atoms with Crippen LogP contribution in [0.4, 0.5) is 5.82 Å². The highest BCUT2D eigenvalue weighted by Crippen LogP contribution is 2.61. The first kappa shape index (κ1) is 55.6. The number of hydrogen-bond acceptors (Lipinski definition) is 21. The van der Waals surface area contributed by atoms with Crippen LogP contribution >= 0.6 is 35.2 Å². The Morgan fingerprint density at radius 2 is 1.65 bits per heavy atom. The highest BCUT2D eigenvalue weighted by atomic mass is 32.2. The van der Waals surface area contributed by atoms with E-state index in [0.29, 0.717) is 31.6 Å². The lowest BCUT2D eigenvalue weighted by molar-refractivity contribution is -0.145. The van der Waals surface area contributed by atoms with Gasteiger partial charge in [0.25, 0.3) is 0 Å². The third-order valence-electron chi connectivity index (χ3n) is 8.98. The van der Waals surface area contributed by atoms with E-state index in [-0.39, 0.29) is 54.1 Å². The molecule has 3 rings (SSSR count). The Kier molecular flexibility index (Phi) is 21.3. The molecule has 2 aromatic rings. The van der Waals surface area contributed by atoms with Crippen molar-refractivity contribution in [3.8, 4) is 0 Å². The van der Waals surface area contributed by atoms with Crippen molar-refractivity contribution in [3.05, 3.63) is 12.7 Å². The second kappa shape index (κ2) is 24.9. The fourth-order valence-corrected chi connectivity index (χ4v) is 9.26. The molecule has 0 aliphatic carbocycles. The first-order chi connectivity index (χ1) is 30.3. The van der Waals surface area contributed by atoms with Gasteiger partial charge in [-0.15, -0.1) is 0 Å². The van der Waals surface area contributed by atoms with Crippen LogP contribution in [0.5, 0.6) is 0 Å². The van der Waals surface area contributed by atoms with E-state index in [9.17, 15) is 67.5 Å². The van der Waals surface area contributed by atoms with Gasteiger partial charge in [0.05, 0.1) is 32.4 Å². The summed E-state index contributed by atoms with van der Waals surface area (Å²) in [5.74, 6) is -2.16. The highest BCUT2D eigenvalue weighted by molar-refractivity contribution is 7.99. The molecule has 0 aromatic carbocycles. The van der Waals surface area contributed by atoms with Gasteiger partial charge in [-0.05, 0) is 19.3 Å². The molecule has 368 valence electrons. The summed E-state index contributed by atoms with van der Waals surface area (Å²) in [6.45, 7) is 2.03. The number of nitrogens with one attached hydrogen (secondary N) is 4. The number of carbonyl (C=O) groups excluding carboxylic acids is 5. The molecule has 0 bridgehead atoms. The Hall–Kier alpha value is -3.70. The second-order valence-electron chi connectivity index (χ2n) is 14.7. The van der Waals surface area contributed by atoms with Crippen molar-refractivity contribution in [2.75, 3.05) is 57.2 Å². The quantitative estimate of drug-likeness (QED) is 0.0252. The number of imidazole rings is 1. The monoisotopic (exact) mass is 1010 g/mol. The molecule has 65 heavy (non-hydrogen) atoms. The number of ether oxygens (including phenoxy) is 2. The zero-order chi connectivity index (χ0) is 48.8. The number of hydrogen-bond donors (Lipinski definition) is 11. The summed E-state index contributed by atoms with van der Waals surface area (Å²) in [4.78, 5) is 111. The van der Waals surface area contributed by atoms with Gasteiger partial charge in [0, 0.05) is 44.1 Å². The Bertz CT molecular complexity index is 2110. The van der Waals surface area contributed by atoms with Gasteiger partial charge < -0.3 is 66.3 Å². The van der Waals surface area contributed by atoms with Crippen molar-refractivity contribution < 1.29 is 94.8 Å². The Morgan fingerprint density at radius 3 is 2.31 bits per heavy atom. The number of phosphoric acid groups is 3. The minimum atomic E-state index is -5.60. The zero-order valence-electron chi connectivity index (χ0n) is 35.4. The second-order valence-corrected chi connectivity index (χ2v) is 20.1. The largest absolute Gasteiger partial charge is 0.481 e. The van der Waals surface area contributed by atoms with Gasteiger partial charge in [-0.1, -0.05) is 13.8 Å². The van der Waals surface area contributed by atoms with E-state index in [1.807, 2.05) is 0 Å². The molecule has 4 amide bonds. The third-order valence-corrected chi connectivity index (χ3v) is 13.0. The SMILES string of the molecule is COC(=O)[C@@H](CCCCNC(=O)CSCCNC(=O)CCNC(=O)[C@@H](O)C(C)(C)COP(=O)(O)OP(=O)(O)OC[C@H]1O[C@@H](n2cnc3c(N)ncnc32)C(O)[C@H]1OP(=O)(O)O)NC(C)=O. The molecule has 1 saturated heterocycles. The maximum Gasteiger partial charge on any atom is 0.481 e. The molecule has 1 aliphatic rings. The number of aliphatic hydroxyl groups is 2. The number of nitrogens with zero attached hydrogens (tertiary/aromatic N) is 4. The van der Waals surface area contributed by atoms with Gasteiger partial charge in [-0.3, -0.25) is 37.3 Å². The predicted octanol–water partition coefficient (Wildman–Crippen LogP) is -1.90. The van der Waals surface area contributed by atoms with Crippen molar-refractivity contribution in [1.29, 1.82) is 0 Å². The Labute approximate surface area is 375 Å². The van der Waals surface area contributed by atoms with Crippen molar-refractivity contribution in [1.82, 2.24) is 40.8 Å². The first-order valence-corrected chi connectivity index (χ1v) is 25.0. The molecule has 0 spiro atoms. The smallest absolute Gasteiger partial charge is 0.467 e. The number of aromatic nitrogens is 4. The number of anilines is 1.